The number of carbonyl (C=O) groups is 2. The first-order valence-corrected chi connectivity index (χ1v) is 7.75. The Morgan fingerprint density at radius 2 is 1.68 bits per heavy atom. The number of halogens is 1. The summed E-state index contributed by atoms with van der Waals surface area (Å²) in [6.45, 7) is -0.529. The number of ketones is 1. The summed E-state index contributed by atoms with van der Waals surface area (Å²) in [6, 6.07) is 12.9. The van der Waals surface area contributed by atoms with Crippen LogP contribution in [-0.2, 0) is 9.59 Å². The first-order chi connectivity index (χ1) is 12.1. The van der Waals surface area contributed by atoms with Crippen LogP contribution in [0, 0.1) is 5.82 Å². The van der Waals surface area contributed by atoms with Crippen molar-refractivity contribution in [1.82, 2.24) is 4.90 Å². The van der Waals surface area contributed by atoms with Gasteiger partial charge in [0.25, 0.3) is 11.7 Å². The number of carbonyl (C=O) groups excluding carboxylic acids is 2. The monoisotopic (exact) mass is 341 g/mol. The molecule has 1 aliphatic rings. The first kappa shape index (κ1) is 16.9. The second-order valence-corrected chi connectivity index (χ2v) is 5.60. The Kier molecular flexibility index (Phi) is 4.63. The SMILES string of the molecule is O=C1C(=O)N(CCO)C(c2ccccc2F)C1=C(O)c1ccccc1. The van der Waals surface area contributed by atoms with Gasteiger partial charge in [-0.2, -0.15) is 0 Å². The fourth-order valence-electron chi connectivity index (χ4n) is 2.99. The molecule has 1 atom stereocenters. The van der Waals surface area contributed by atoms with E-state index in [1.54, 1.807) is 36.4 Å². The molecule has 6 heteroatoms. The van der Waals surface area contributed by atoms with Crippen LogP contribution in [0.1, 0.15) is 17.2 Å². The molecule has 1 amide bonds. The summed E-state index contributed by atoms with van der Waals surface area (Å²) in [6.07, 6.45) is 0. The molecule has 1 unspecified atom stereocenters. The molecule has 1 fully saturated rings. The third-order valence-electron chi connectivity index (χ3n) is 4.13. The Labute approximate surface area is 143 Å². The second-order valence-electron chi connectivity index (χ2n) is 5.60. The zero-order valence-corrected chi connectivity index (χ0v) is 13.2. The lowest BCUT2D eigenvalue weighted by Crippen LogP contribution is -2.32. The van der Waals surface area contributed by atoms with Gasteiger partial charge in [0, 0.05) is 17.7 Å². The summed E-state index contributed by atoms with van der Waals surface area (Å²) in [4.78, 5) is 25.9. The fraction of sp³-hybridized carbons (Fsp3) is 0.158. The van der Waals surface area contributed by atoms with Crippen molar-refractivity contribution in [2.75, 3.05) is 13.2 Å². The number of nitrogens with zero attached hydrogens (tertiary/aromatic N) is 1. The van der Waals surface area contributed by atoms with E-state index < -0.39 is 23.5 Å². The van der Waals surface area contributed by atoms with Gasteiger partial charge in [0.05, 0.1) is 18.2 Å². The first-order valence-electron chi connectivity index (χ1n) is 7.75. The predicted octanol–water partition coefficient (Wildman–Crippen LogP) is 2.24. The number of benzene rings is 2. The van der Waals surface area contributed by atoms with Gasteiger partial charge in [-0.15, -0.1) is 0 Å². The number of amides is 1. The molecule has 2 aromatic rings. The van der Waals surface area contributed by atoms with Crippen molar-refractivity contribution in [3.05, 3.63) is 77.1 Å². The molecule has 0 aliphatic carbocycles. The van der Waals surface area contributed by atoms with Crippen LogP contribution in [0.4, 0.5) is 4.39 Å². The smallest absolute Gasteiger partial charge is 0.295 e. The molecule has 0 radical (unpaired) electrons. The van der Waals surface area contributed by atoms with E-state index in [9.17, 15) is 24.2 Å². The van der Waals surface area contributed by atoms with Crippen LogP contribution < -0.4 is 0 Å². The molecule has 3 rings (SSSR count). The highest BCUT2D eigenvalue weighted by Crippen LogP contribution is 2.39. The summed E-state index contributed by atoms with van der Waals surface area (Å²) in [5, 5.41) is 19.8. The van der Waals surface area contributed by atoms with E-state index in [1.165, 1.54) is 18.2 Å². The van der Waals surface area contributed by atoms with Crippen molar-refractivity contribution in [3.8, 4) is 0 Å². The molecule has 128 valence electrons. The summed E-state index contributed by atoms with van der Waals surface area (Å²) in [7, 11) is 0. The number of aliphatic hydroxyl groups excluding tert-OH is 2. The van der Waals surface area contributed by atoms with Crippen LogP contribution in [0.5, 0.6) is 0 Å². The highest BCUT2D eigenvalue weighted by Gasteiger charge is 2.46. The van der Waals surface area contributed by atoms with Crippen LogP contribution in [0.2, 0.25) is 0 Å². The molecule has 2 N–H and O–H groups in total. The van der Waals surface area contributed by atoms with Gasteiger partial charge in [0.15, 0.2) is 0 Å². The van der Waals surface area contributed by atoms with Gasteiger partial charge in [-0.1, -0.05) is 48.5 Å². The molecular formula is C19H16FNO4. The van der Waals surface area contributed by atoms with E-state index in [1.807, 2.05) is 0 Å². The number of likely N-dealkylation sites (tertiary alicyclic amines) is 1. The Morgan fingerprint density at radius 3 is 2.32 bits per heavy atom. The Balaban J connectivity index is 2.22. The van der Waals surface area contributed by atoms with Crippen molar-refractivity contribution in [2.45, 2.75) is 6.04 Å². The fourth-order valence-corrected chi connectivity index (χ4v) is 2.99. The largest absolute Gasteiger partial charge is 0.507 e. The lowest BCUT2D eigenvalue weighted by atomic mass is 9.95. The Morgan fingerprint density at radius 1 is 1.04 bits per heavy atom. The molecule has 0 saturated carbocycles. The number of rotatable bonds is 4. The number of β-amino-alcohol motifs (C(OH)–C–C–N with tert-alkyl or cyclic N) is 1. The van der Waals surface area contributed by atoms with Crippen LogP contribution >= 0.6 is 0 Å². The summed E-state index contributed by atoms with van der Waals surface area (Å²) < 4.78 is 14.3. The van der Waals surface area contributed by atoms with Gasteiger partial charge in [-0.3, -0.25) is 9.59 Å². The average Bonchev–Trinajstić information content (AvgIpc) is 2.87. The molecule has 5 nitrogen and oxygen atoms in total. The lowest BCUT2D eigenvalue weighted by molar-refractivity contribution is -0.140. The van der Waals surface area contributed by atoms with Crippen molar-refractivity contribution in [3.63, 3.8) is 0 Å². The molecule has 0 aromatic heterocycles. The third kappa shape index (κ3) is 2.92. The van der Waals surface area contributed by atoms with Crippen molar-refractivity contribution in [2.24, 2.45) is 0 Å². The van der Waals surface area contributed by atoms with E-state index in [0.717, 1.165) is 4.90 Å². The van der Waals surface area contributed by atoms with Crippen LogP contribution in [0.3, 0.4) is 0 Å². The van der Waals surface area contributed by atoms with E-state index >= 15 is 0 Å². The third-order valence-corrected chi connectivity index (χ3v) is 4.13. The van der Waals surface area contributed by atoms with Gasteiger partial charge in [0.2, 0.25) is 0 Å². The summed E-state index contributed by atoms with van der Waals surface area (Å²) >= 11 is 0. The predicted molar refractivity (Wildman–Crippen MR) is 88.9 cm³/mol. The Hall–Kier alpha value is -2.99. The normalized spacial score (nSPS) is 19.4. The van der Waals surface area contributed by atoms with Crippen LogP contribution in [-0.4, -0.2) is 40.0 Å². The van der Waals surface area contributed by atoms with Gasteiger partial charge < -0.3 is 15.1 Å². The lowest BCUT2D eigenvalue weighted by Gasteiger charge is -2.24. The number of hydrogen-bond acceptors (Lipinski definition) is 4. The average molecular weight is 341 g/mol. The summed E-state index contributed by atoms with van der Waals surface area (Å²) in [5.74, 6) is -2.74. The van der Waals surface area contributed by atoms with Crippen molar-refractivity contribution in [1.29, 1.82) is 0 Å². The van der Waals surface area contributed by atoms with E-state index in [0.29, 0.717) is 5.56 Å². The molecule has 1 aliphatic heterocycles. The molecule has 0 spiro atoms. The van der Waals surface area contributed by atoms with Gasteiger partial charge in [0.1, 0.15) is 11.6 Å². The van der Waals surface area contributed by atoms with Gasteiger partial charge in [-0.05, 0) is 6.07 Å². The second kappa shape index (κ2) is 6.86. The number of hydrogen-bond donors (Lipinski definition) is 2. The molecule has 1 saturated heterocycles. The summed E-state index contributed by atoms with van der Waals surface area (Å²) in [5.41, 5.74) is 0.258. The zero-order chi connectivity index (χ0) is 18.0. The minimum atomic E-state index is -1.09. The highest BCUT2D eigenvalue weighted by atomic mass is 19.1. The van der Waals surface area contributed by atoms with E-state index in [4.69, 9.17) is 0 Å². The van der Waals surface area contributed by atoms with Crippen LogP contribution in [0.25, 0.3) is 5.76 Å². The molecule has 25 heavy (non-hydrogen) atoms. The standard InChI is InChI=1S/C19H16FNO4/c20-14-9-5-4-8-13(14)16-15(17(23)12-6-2-1-3-7-12)18(24)19(25)21(16)10-11-22/h1-9,16,22-23H,10-11H2. The minimum absolute atomic E-state index is 0.0904. The topological polar surface area (TPSA) is 77.8 Å². The van der Waals surface area contributed by atoms with Gasteiger partial charge >= 0.3 is 0 Å². The van der Waals surface area contributed by atoms with Crippen molar-refractivity contribution >= 4 is 17.4 Å². The molecule has 1 heterocycles. The minimum Gasteiger partial charge on any atom is -0.507 e. The molecule has 0 bridgehead atoms. The maximum Gasteiger partial charge on any atom is 0.295 e. The highest BCUT2D eigenvalue weighted by molar-refractivity contribution is 6.46. The maximum atomic E-state index is 14.3. The molecular weight excluding hydrogens is 325 g/mol. The number of aliphatic hydroxyl groups is 2. The number of Topliss-reactive ketones (excluding diaryl/α,β-unsaturated/α-hetero) is 1. The van der Waals surface area contributed by atoms with Gasteiger partial charge in [-0.25, -0.2) is 4.39 Å². The van der Waals surface area contributed by atoms with Crippen LogP contribution in [0.15, 0.2) is 60.2 Å². The molecule has 2 aromatic carbocycles. The van der Waals surface area contributed by atoms with E-state index in [-0.39, 0.29) is 30.0 Å². The van der Waals surface area contributed by atoms with Crippen molar-refractivity contribution < 1.29 is 24.2 Å². The Bertz CT molecular complexity index is 848. The quantitative estimate of drug-likeness (QED) is 0.508. The van der Waals surface area contributed by atoms with E-state index in [2.05, 4.69) is 0 Å². The zero-order valence-electron chi connectivity index (χ0n) is 13.2. The maximum absolute atomic E-state index is 14.3.